The average Bonchev–Trinajstić information content (AvgIpc) is 2.38. The molecular formula is C16H25NO2. The van der Waals surface area contributed by atoms with Crippen molar-refractivity contribution in [3.63, 3.8) is 0 Å². The van der Waals surface area contributed by atoms with Crippen molar-refractivity contribution in [2.45, 2.75) is 51.8 Å². The Kier molecular flexibility index (Phi) is 4.83. The number of hydrogen-bond acceptors (Lipinski definition) is 3. The highest BCUT2D eigenvalue weighted by Crippen LogP contribution is 2.23. The molecule has 1 aromatic rings. The fourth-order valence-electron chi connectivity index (χ4n) is 2.40. The Balaban J connectivity index is 1.98. The second-order valence-corrected chi connectivity index (χ2v) is 5.84. The number of hydrogen-bond donors (Lipinski definition) is 1. The highest BCUT2D eigenvalue weighted by atomic mass is 16.5. The van der Waals surface area contributed by atoms with Crippen LogP contribution in [0.2, 0.25) is 0 Å². The second-order valence-electron chi connectivity index (χ2n) is 5.84. The topological polar surface area (TPSA) is 30.5 Å². The van der Waals surface area contributed by atoms with E-state index < -0.39 is 0 Å². The van der Waals surface area contributed by atoms with Crippen molar-refractivity contribution >= 4 is 0 Å². The summed E-state index contributed by atoms with van der Waals surface area (Å²) in [6, 6.07) is 8.24. The second kappa shape index (κ2) is 6.40. The number of nitrogens with one attached hydrogen (secondary N) is 1. The molecule has 3 heteroatoms. The van der Waals surface area contributed by atoms with Crippen molar-refractivity contribution < 1.29 is 9.47 Å². The van der Waals surface area contributed by atoms with Crippen LogP contribution in [0.5, 0.6) is 5.75 Å². The van der Waals surface area contributed by atoms with Crippen LogP contribution in [0.1, 0.15) is 39.2 Å². The molecule has 0 aliphatic carbocycles. The van der Waals surface area contributed by atoms with Crippen LogP contribution in [0.4, 0.5) is 0 Å². The lowest BCUT2D eigenvalue weighted by atomic mass is 9.94. The standard InChI is InChI=1S/C16H25NO2/c1-13(2)19-15-8-5-4-7-14(15)11-17-16(3)9-6-10-18-12-16/h4-5,7-8,13,17H,6,9-12H2,1-3H3. The van der Waals surface area contributed by atoms with Crippen molar-refractivity contribution in [2.24, 2.45) is 0 Å². The Labute approximate surface area is 116 Å². The van der Waals surface area contributed by atoms with Gasteiger partial charge in [-0.2, -0.15) is 0 Å². The van der Waals surface area contributed by atoms with Crippen LogP contribution < -0.4 is 10.1 Å². The summed E-state index contributed by atoms with van der Waals surface area (Å²) in [5, 5.41) is 3.62. The summed E-state index contributed by atoms with van der Waals surface area (Å²) >= 11 is 0. The molecule has 1 aromatic carbocycles. The molecule has 0 bridgehead atoms. The molecule has 1 N–H and O–H groups in total. The van der Waals surface area contributed by atoms with Gasteiger partial charge in [0, 0.05) is 24.3 Å². The lowest BCUT2D eigenvalue weighted by Crippen LogP contribution is -2.48. The van der Waals surface area contributed by atoms with Crippen LogP contribution in [0.15, 0.2) is 24.3 Å². The molecule has 19 heavy (non-hydrogen) atoms. The first-order chi connectivity index (χ1) is 9.09. The Morgan fingerprint density at radius 1 is 1.37 bits per heavy atom. The van der Waals surface area contributed by atoms with E-state index in [1.54, 1.807) is 0 Å². The van der Waals surface area contributed by atoms with Gasteiger partial charge >= 0.3 is 0 Å². The summed E-state index contributed by atoms with van der Waals surface area (Å²) in [5.74, 6) is 0.977. The van der Waals surface area contributed by atoms with E-state index in [2.05, 4.69) is 38.2 Å². The quantitative estimate of drug-likeness (QED) is 0.885. The molecular weight excluding hydrogens is 238 g/mol. The molecule has 1 unspecified atom stereocenters. The molecule has 0 aromatic heterocycles. The predicted octanol–water partition coefficient (Wildman–Crippen LogP) is 3.13. The van der Waals surface area contributed by atoms with Crippen LogP contribution in [-0.4, -0.2) is 24.9 Å². The molecule has 1 saturated heterocycles. The number of rotatable bonds is 5. The molecule has 106 valence electrons. The minimum absolute atomic E-state index is 0.0865. The van der Waals surface area contributed by atoms with Crippen LogP contribution in [0.25, 0.3) is 0 Å². The number of benzene rings is 1. The van der Waals surface area contributed by atoms with Gasteiger partial charge in [-0.3, -0.25) is 0 Å². The minimum atomic E-state index is 0.0865. The zero-order valence-corrected chi connectivity index (χ0v) is 12.2. The molecule has 0 amide bonds. The number of para-hydroxylation sites is 1. The van der Waals surface area contributed by atoms with Crippen molar-refractivity contribution in [1.29, 1.82) is 0 Å². The van der Waals surface area contributed by atoms with Gasteiger partial charge in [0.1, 0.15) is 5.75 Å². The van der Waals surface area contributed by atoms with Crippen LogP contribution in [-0.2, 0) is 11.3 Å². The summed E-state index contributed by atoms with van der Waals surface area (Å²) < 4.78 is 11.4. The Hall–Kier alpha value is -1.06. The Morgan fingerprint density at radius 2 is 2.16 bits per heavy atom. The van der Waals surface area contributed by atoms with Crippen molar-refractivity contribution in [2.75, 3.05) is 13.2 Å². The van der Waals surface area contributed by atoms with Crippen molar-refractivity contribution in [1.82, 2.24) is 5.32 Å². The van der Waals surface area contributed by atoms with Gasteiger partial charge in [-0.05, 0) is 39.7 Å². The zero-order chi connectivity index (χ0) is 13.7. The van der Waals surface area contributed by atoms with Gasteiger partial charge in [0.2, 0.25) is 0 Å². The highest BCUT2D eigenvalue weighted by Gasteiger charge is 2.26. The fraction of sp³-hybridized carbons (Fsp3) is 0.625. The molecule has 2 rings (SSSR count). The molecule has 0 saturated carbocycles. The van der Waals surface area contributed by atoms with Gasteiger partial charge in [0.15, 0.2) is 0 Å². The molecule has 3 nitrogen and oxygen atoms in total. The number of ether oxygens (including phenoxy) is 2. The maximum absolute atomic E-state index is 5.85. The first kappa shape index (κ1) is 14.4. The van der Waals surface area contributed by atoms with E-state index in [1.807, 2.05) is 12.1 Å². The van der Waals surface area contributed by atoms with E-state index in [-0.39, 0.29) is 11.6 Å². The largest absolute Gasteiger partial charge is 0.491 e. The summed E-state index contributed by atoms with van der Waals surface area (Å²) in [4.78, 5) is 0. The van der Waals surface area contributed by atoms with Gasteiger partial charge in [0.05, 0.1) is 12.7 Å². The van der Waals surface area contributed by atoms with Crippen LogP contribution >= 0.6 is 0 Å². The predicted molar refractivity (Wildman–Crippen MR) is 77.5 cm³/mol. The summed E-state index contributed by atoms with van der Waals surface area (Å²) in [7, 11) is 0. The zero-order valence-electron chi connectivity index (χ0n) is 12.2. The third kappa shape index (κ3) is 4.22. The normalized spacial score (nSPS) is 23.6. The minimum Gasteiger partial charge on any atom is -0.491 e. The highest BCUT2D eigenvalue weighted by molar-refractivity contribution is 5.33. The van der Waals surface area contributed by atoms with Gasteiger partial charge in [-0.15, -0.1) is 0 Å². The lowest BCUT2D eigenvalue weighted by Gasteiger charge is -2.34. The van der Waals surface area contributed by atoms with Gasteiger partial charge in [-0.25, -0.2) is 0 Å². The average molecular weight is 263 g/mol. The molecule has 1 heterocycles. The first-order valence-corrected chi connectivity index (χ1v) is 7.16. The van der Waals surface area contributed by atoms with Crippen molar-refractivity contribution in [3.8, 4) is 5.75 Å². The van der Waals surface area contributed by atoms with Crippen LogP contribution in [0, 0.1) is 0 Å². The summed E-state index contributed by atoms with van der Waals surface area (Å²) in [6.07, 6.45) is 2.50. The maximum Gasteiger partial charge on any atom is 0.124 e. The van der Waals surface area contributed by atoms with E-state index in [9.17, 15) is 0 Å². The molecule has 1 aliphatic rings. The Bertz CT molecular complexity index is 397. The van der Waals surface area contributed by atoms with E-state index in [1.165, 1.54) is 12.0 Å². The third-order valence-electron chi connectivity index (χ3n) is 3.48. The van der Waals surface area contributed by atoms with E-state index >= 15 is 0 Å². The van der Waals surface area contributed by atoms with Crippen molar-refractivity contribution in [3.05, 3.63) is 29.8 Å². The molecule has 1 fully saturated rings. The molecule has 1 atom stereocenters. The Morgan fingerprint density at radius 3 is 2.84 bits per heavy atom. The van der Waals surface area contributed by atoms with Crippen LogP contribution in [0.3, 0.4) is 0 Å². The van der Waals surface area contributed by atoms with Gasteiger partial charge < -0.3 is 14.8 Å². The molecule has 0 radical (unpaired) electrons. The van der Waals surface area contributed by atoms with Gasteiger partial charge in [-0.1, -0.05) is 18.2 Å². The first-order valence-electron chi connectivity index (χ1n) is 7.16. The maximum atomic E-state index is 5.85. The smallest absolute Gasteiger partial charge is 0.124 e. The summed E-state index contributed by atoms with van der Waals surface area (Å²) in [6.45, 7) is 8.85. The van der Waals surface area contributed by atoms with E-state index in [4.69, 9.17) is 9.47 Å². The summed E-state index contributed by atoms with van der Waals surface area (Å²) in [5.41, 5.74) is 1.30. The van der Waals surface area contributed by atoms with Gasteiger partial charge in [0.25, 0.3) is 0 Å². The SMILES string of the molecule is CC(C)Oc1ccccc1CNC1(C)CCCOC1. The monoisotopic (exact) mass is 263 g/mol. The lowest BCUT2D eigenvalue weighted by molar-refractivity contribution is 0.0276. The molecule has 1 aliphatic heterocycles. The third-order valence-corrected chi connectivity index (χ3v) is 3.48. The van der Waals surface area contributed by atoms with E-state index in [0.29, 0.717) is 0 Å². The molecule has 0 spiro atoms. The van der Waals surface area contributed by atoms with E-state index in [0.717, 1.165) is 31.9 Å². The fourth-order valence-corrected chi connectivity index (χ4v) is 2.40.